The van der Waals surface area contributed by atoms with Gasteiger partial charge in [-0.1, -0.05) is 35.9 Å². The van der Waals surface area contributed by atoms with Crippen molar-refractivity contribution < 1.29 is 13.2 Å². The van der Waals surface area contributed by atoms with Crippen molar-refractivity contribution in [2.75, 3.05) is 17.4 Å². The van der Waals surface area contributed by atoms with Gasteiger partial charge in [0.05, 0.1) is 17.3 Å². The summed E-state index contributed by atoms with van der Waals surface area (Å²) >= 11 is 6.13. The van der Waals surface area contributed by atoms with Gasteiger partial charge in [0.15, 0.2) is 0 Å². The van der Waals surface area contributed by atoms with Crippen LogP contribution in [0.15, 0.2) is 66.1 Å². The number of carbonyl (C=O) groups is 1. The summed E-state index contributed by atoms with van der Waals surface area (Å²) in [7, 11) is -3.97. The number of para-hydroxylation sites is 1. The molecule has 0 bridgehead atoms. The van der Waals surface area contributed by atoms with Crippen LogP contribution in [-0.4, -0.2) is 27.4 Å². The summed E-state index contributed by atoms with van der Waals surface area (Å²) in [6, 6.07) is 12.8. The molecular weight excluding hydrogens is 360 g/mol. The van der Waals surface area contributed by atoms with Crippen LogP contribution in [0.4, 0.5) is 5.69 Å². The van der Waals surface area contributed by atoms with E-state index in [1.165, 1.54) is 28.6 Å². The number of anilines is 1. The molecule has 1 N–H and O–H groups in total. The number of halogens is 1. The Morgan fingerprint density at radius 1 is 1.24 bits per heavy atom. The molecule has 0 fully saturated rings. The molecule has 2 aromatic carbocycles. The van der Waals surface area contributed by atoms with Gasteiger partial charge in [-0.25, -0.2) is 8.42 Å². The minimum absolute atomic E-state index is 0.0537. The van der Waals surface area contributed by atoms with Gasteiger partial charge in [0, 0.05) is 12.1 Å². The lowest BCUT2D eigenvalue weighted by atomic mass is 10.2. The van der Waals surface area contributed by atoms with E-state index in [-0.39, 0.29) is 27.9 Å². The fourth-order valence-corrected chi connectivity index (χ4v) is 4.22. The van der Waals surface area contributed by atoms with Crippen LogP contribution in [0.1, 0.15) is 17.3 Å². The zero-order valence-corrected chi connectivity index (χ0v) is 15.3. The molecule has 0 atom stereocenters. The molecule has 0 saturated carbocycles. The van der Waals surface area contributed by atoms with Crippen molar-refractivity contribution in [2.24, 2.45) is 0 Å². The van der Waals surface area contributed by atoms with E-state index in [0.717, 1.165) is 0 Å². The van der Waals surface area contributed by atoms with Crippen LogP contribution in [-0.2, 0) is 10.0 Å². The molecule has 0 aliphatic rings. The summed E-state index contributed by atoms with van der Waals surface area (Å²) in [5, 5.41) is 2.69. The Morgan fingerprint density at radius 2 is 1.92 bits per heavy atom. The van der Waals surface area contributed by atoms with E-state index in [1.54, 1.807) is 37.3 Å². The van der Waals surface area contributed by atoms with E-state index < -0.39 is 10.0 Å². The summed E-state index contributed by atoms with van der Waals surface area (Å²) in [6.45, 7) is 5.92. The van der Waals surface area contributed by atoms with Crippen molar-refractivity contribution in [2.45, 2.75) is 11.8 Å². The van der Waals surface area contributed by atoms with Crippen molar-refractivity contribution >= 4 is 33.2 Å². The molecule has 0 radical (unpaired) electrons. The number of hydrogen-bond acceptors (Lipinski definition) is 3. The molecule has 0 unspecified atom stereocenters. The third kappa shape index (κ3) is 4.21. The van der Waals surface area contributed by atoms with Crippen LogP contribution in [0.2, 0.25) is 5.02 Å². The van der Waals surface area contributed by atoms with E-state index in [4.69, 9.17) is 11.6 Å². The third-order valence-corrected chi connectivity index (χ3v) is 5.71. The van der Waals surface area contributed by atoms with Crippen molar-refractivity contribution in [1.82, 2.24) is 5.32 Å². The Morgan fingerprint density at radius 3 is 2.52 bits per heavy atom. The molecule has 0 aliphatic heterocycles. The topological polar surface area (TPSA) is 66.5 Å². The monoisotopic (exact) mass is 378 g/mol. The van der Waals surface area contributed by atoms with Gasteiger partial charge in [0.2, 0.25) is 0 Å². The zero-order chi connectivity index (χ0) is 18.4. The first-order valence-corrected chi connectivity index (χ1v) is 9.50. The highest BCUT2D eigenvalue weighted by atomic mass is 35.5. The quantitative estimate of drug-likeness (QED) is 0.750. The molecule has 2 rings (SSSR count). The summed E-state index contributed by atoms with van der Waals surface area (Å²) in [5.41, 5.74) is 0.721. The predicted octanol–water partition coefficient (Wildman–Crippen LogP) is 3.47. The number of nitrogens with zero attached hydrogens (tertiary/aromatic N) is 1. The maximum atomic E-state index is 13.1. The second-order valence-corrected chi connectivity index (χ2v) is 7.40. The number of sulfonamides is 1. The van der Waals surface area contributed by atoms with E-state index in [1.807, 2.05) is 0 Å². The lowest BCUT2D eigenvalue weighted by Crippen LogP contribution is -2.31. The fourth-order valence-electron chi connectivity index (χ4n) is 2.28. The van der Waals surface area contributed by atoms with Crippen molar-refractivity contribution in [1.29, 1.82) is 0 Å². The predicted molar refractivity (Wildman–Crippen MR) is 101 cm³/mol. The summed E-state index contributed by atoms with van der Waals surface area (Å²) < 4.78 is 27.5. The first-order chi connectivity index (χ1) is 11.9. The molecule has 25 heavy (non-hydrogen) atoms. The number of rotatable bonds is 7. The Labute approximate surface area is 153 Å². The van der Waals surface area contributed by atoms with Crippen LogP contribution < -0.4 is 9.62 Å². The molecular formula is C18H19ClN2O3S. The van der Waals surface area contributed by atoms with E-state index >= 15 is 0 Å². The van der Waals surface area contributed by atoms with Crippen LogP contribution in [0.5, 0.6) is 0 Å². The minimum Gasteiger partial charge on any atom is -0.352 e. The van der Waals surface area contributed by atoms with Gasteiger partial charge in [0.1, 0.15) is 4.90 Å². The van der Waals surface area contributed by atoms with E-state index in [9.17, 15) is 13.2 Å². The molecule has 0 spiro atoms. The van der Waals surface area contributed by atoms with Crippen molar-refractivity contribution in [3.05, 3.63) is 71.8 Å². The SMILES string of the molecule is C=CCN(c1ccccc1)S(=O)(=O)c1cc(C(=O)NCC)ccc1Cl. The molecule has 5 nitrogen and oxygen atoms in total. The molecule has 0 aromatic heterocycles. The Bertz CT molecular complexity index is 867. The van der Waals surface area contributed by atoms with Crippen LogP contribution in [0, 0.1) is 0 Å². The smallest absolute Gasteiger partial charge is 0.266 e. The van der Waals surface area contributed by atoms with Crippen LogP contribution in [0.3, 0.4) is 0 Å². The lowest BCUT2D eigenvalue weighted by Gasteiger charge is -2.24. The van der Waals surface area contributed by atoms with E-state index in [0.29, 0.717) is 12.2 Å². The standard InChI is InChI=1S/C18H19ClN2O3S/c1-3-12-21(15-8-6-5-7-9-15)25(23,24)17-13-14(10-11-16(17)19)18(22)20-4-2/h3,5-11,13H,1,4,12H2,2H3,(H,20,22). The molecule has 0 aliphatic carbocycles. The number of carbonyl (C=O) groups excluding carboxylic acids is 1. The first-order valence-electron chi connectivity index (χ1n) is 7.68. The van der Waals surface area contributed by atoms with Gasteiger partial charge < -0.3 is 5.32 Å². The highest BCUT2D eigenvalue weighted by Gasteiger charge is 2.27. The van der Waals surface area contributed by atoms with Crippen molar-refractivity contribution in [3.8, 4) is 0 Å². The van der Waals surface area contributed by atoms with E-state index in [2.05, 4.69) is 11.9 Å². The number of hydrogen-bond donors (Lipinski definition) is 1. The average Bonchev–Trinajstić information content (AvgIpc) is 2.60. The first kappa shape index (κ1) is 19.0. The fraction of sp³-hybridized carbons (Fsp3) is 0.167. The zero-order valence-electron chi connectivity index (χ0n) is 13.8. The lowest BCUT2D eigenvalue weighted by molar-refractivity contribution is 0.0955. The van der Waals surface area contributed by atoms with Gasteiger partial charge in [-0.15, -0.1) is 6.58 Å². The Hall–Kier alpha value is -2.31. The number of nitrogens with one attached hydrogen (secondary N) is 1. The molecule has 7 heteroatoms. The van der Waals surface area contributed by atoms with Gasteiger partial charge in [0.25, 0.3) is 15.9 Å². The second-order valence-electron chi connectivity index (χ2n) is 5.17. The molecule has 2 aromatic rings. The molecule has 132 valence electrons. The maximum absolute atomic E-state index is 13.1. The van der Waals surface area contributed by atoms with Crippen molar-refractivity contribution in [3.63, 3.8) is 0 Å². The molecule has 1 amide bonds. The summed E-state index contributed by atoms with van der Waals surface area (Å²) in [4.78, 5) is 11.9. The highest BCUT2D eigenvalue weighted by Crippen LogP contribution is 2.29. The van der Waals surface area contributed by atoms with Crippen LogP contribution in [0.25, 0.3) is 0 Å². The van der Waals surface area contributed by atoms with Gasteiger partial charge in [-0.3, -0.25) is 9.10 Å². The van der Waals surface area contributed by atoms with Gasteiger partial charge >= 0.3 is 0 Å². The second kappa shape index (κ2) is 8.18. The largest absolute Gasteiger partial charge is 0.352 e. The van der Waals surface area contributed by atoms with Crippen LogP contribution >= 0.6 is 11.6 Å². The Kier molecular flexibility index (Phi) is 6.22. The molecule has 0 heterocycles. The molecule has 0 saturated heterocycles. The number of benzene rings is 2. The normalized spacial score (nSPS) is 11.0. The average molecular weight is 379 g/mol. The highest BCUT2D eigenvalue weighted by molar-refractivity contribution is 7.93. The number of amides is 1. The summed E-state index contributed by atoms with van der Waals surface area (Å²) in [6.07, 6.45) is 1.49. The van der Waals surface area contributed by atoms with Gasteiger partial charge in [-0.2, -0.15) is 0 Å². The third-order valence-electron chi connectivity index (χ3n) is 3.44. The van der Waals surface area contributed by atoms with Gasteiger partial charge in [-0.05, 0) is 37.3 Å². The summed E-state index contributed by atoms with van der Waals surface area (Å²) in [5.74, 6) is -0.356. The minimum atomic E-state index is -3.97. The Balaban J connectivity index is 2.55. The maximum Gasteiger partial charge on any atom is 0.266 e.